The van der Waals surface area contributed by atoms with Gasteiger partial charge in [0.15, 0.2) is 5.82 Å². The molecule has 2 heterocycles. The molecule has 23 heavy (non-hydrogen) atoms. The molecule has 0 radical (unpaired) electrons. The molecule has 4 rings (SSSR count). The number of hydrogen-bond donors (Lipinski definition) is 0. The van der Waals surface area contributed by atoms with Crippen LogP contribution in [-0.4, -0.2) is 31.7 Å². The molecule has 2 aromatic heterocycles. The van der Waals surface area contributed by atoms with E-state index in [-0.39, 0.29) is 0 Å². The van der Waals surface area contributed by atoms with Crippen molar-refractivity contribution in [1.82, 2.24) is 24.5 Å². The van der Waals surface area contributed by atoms with Crippen molar-refractivity contribution in [2.75, 3.05) is 7.11 Å². The van der Waals surface area contributed by atoms with Gasteiger partial charge in [-0.3, -0.25) is 4.57 Å². The molecule has 6 nitrogen and oxygen atoms in total. The van der Waals surface area contributed by atoms with E-state index in [1.807, 2.05) is 42.1 Å². The Morgan fingerprint density at radius 1 is 1.30 bits per heavy atom. The predicted molar refractivity (Wildman–Crippen MR) is 86.8 cm³/mol. The van der Waals surface area contributed by atoms with Gasteiger partial charge in [0.2, 0.25) is 0 Å². The lowest BCUT2D eigenvalue weighted by Crippen LogP contribution is -2.03. The topological polar surface area (TPSA) is 57.8 Å². The first kappa shape index (κ1) is 14.3. The molecule has 1 saturated carbocycles. The Morgan fingerprint density at radius 3 is 2.83 bits per heavy atom. The summed E-state index contributed by atoms with van der Waals surface area (Å²) in [5.41, 5.74) is 1.78. The number of nitrogens with zero attached hydrogens (tertiary/aromatic N) is 5. The Labute approximate surface area is 138 Å². The van der Waals surface area contributed by atoms with Gasteiger partial charge in [-0.25, -0.2) is 9.67 Å². The van der Waals surface area contributed by atoms with Gasteiger partial charge in [-0.15, -0.1) is 5.10 Å². The third-order valence-corrected chi connectivity index (χ3v) is 4.39. The van der Waals surface area contributed by atoms with Crippen molar-refractivity contribution in [3.05, 3.63) is 47.1 Å². The number of rotatable bonds is 4. The van der Waals surface area contributed by atoms with E-state index in [0.717, 1.165) is 23.0 Å². The summed E-state index contributed by atoms with van der Waals surface area (Å²) in [6.07, 6.45) is 6.14. The molecule has 3 aromatic rings. The molecule has 0 amide bonds. The normalized spacial score (nSPS) is 14.2. The van der Waals surface area contributed by atoms with Gasteiger partial charge in [-0.1, -0.05) is 16.8 Å². The highest BCUT2D eigenvalue weighted by atomic mass is 35.5. The van der Waals surface area contributed by atoms with E-state index in [2.05, 4.69) is 15.3 Å². The average molecular weight is 330 g/mol. The Hall–Kier alpha value is -2.34. The molecule has 1 fully saturated rings. The van der Waals surface area contributed by atoms with E-state index < -0.39 is 0 Å². The van der Waals surface area contributed by atoms with Gasteiger partial charge in [0.05, 0.1) is 23.5 Å². The third-order valence-electron chi connectivity index (χ3n) is 4.09. The van der Waals surface area contributed by atoms with Crippen LogP contribution in [0.4, 0.5) is 0 Å². The predicted octanol–water partition coefficient (Wildman–Crippen LogP) is 3.30. The minimum Gasteiger partial charge on any atom is -0.495 e. The number of halogens is 1. The van der Waals surface area contributed by atoms with Crippen LogP contribution in [0.5, 0.6) is 5.75 Å². The fourth-order valence-electron chi connectivity index (χ4n) is 2.71. The van der Waals surface area contributed by atoms with E-state index in [4.69, 9.17) is 16.3 Å². The summed E-state index contributed by atoms with van der Waals surface area (Å²) in [6, 6.07) is 5.55. The van der Waals surface area contributed by atoms with Crippen molar-refractivity contribution >= 4 is 11.6 Å². The molecule has 0 aliphatic heterocycles. The summed E-state index contributed by atoms with van der Waals surface area (Å²) >= 11 is 6.21. The summed E-state index contributed by atoms with van der Waals surface area (Å²) in [4.78, 5) is 4.46. The monoisotopic (exact) mass is 329 g/mol. The number of aromatic nitrogens is 5. The van der Waals surface area contributed by atoms with Crippen LogP contribution in [0.2, 0.25) is 5.02 Å². The quantitative estimate of drug-likeness (QED) is 0.737. The van der Waals surface area contributed by atoms with Gasteiger partial charge < -0.3 is 4.74 Å². The lowest BCUT2D eigenvalue weighted by Gasteiger charge is -2.08. The molecular weight excluding hydrogens is 314 g/mol. The smallest absolute Gasteiger partial charge is 0.184 e. The van der Waals surface area contributed by atoms with Crippen molar-refractivity contribution < 1.29 is 4.74 Å². The third kappa shape index (κ3) is 2.39. The van der Waals surface area contributed by atoms with Gasteiger partial charge in [0.25, 0.3) is 0 Å². The Kier molecular flexibility index (Phi) is 3.34. The lowest BCUT2D eigenvalue weighted by molar-refractivity contribution is 0.415. The molecule has 118 valence electrons. The van der Waals surface area contributed by atoms with Crippen LogP contribution in [0.3, 0.4) is 0 Å². The van der Waals surface area contributed by atoms with Crippen molar-refractivity contribution in [1.29, 1.82) is 0 Å². The zero-order valence-electron chi connectivity index (χ0n) is 12.9. The maximum atomic E-state index is 6.21. The van der Waals surface area contributed by atoms with Crippen molar-refractivity contribution in [2.45, 2.75) is 25.7 Å². The summed E-state index contributed by atoms with van der Waals surface area (Å²) in [6.45, 7) is 1.99. The van der Waals surface area contributed by atoms with Crippen LogP contribution < -0.4 is 4.74 Å². The minimum absolute atomic E-state index is 0.544. The molecule has 0 atom stereocenters. The van der Waals surface area contributed by atoms with Crippen molar-refractivity contribution in [3.63, 3.8) is 0 Å². The van der Waals surface area contributed by atoms with E-state index in [1.165, 1.54) is 12.8 Å². The fraction of sp³-hybridized carbons (Fsp3) is 0.312. The first-order chi connectivity index (χ1) is 11.2. The SMILES string of the molecule is COc1ccc(-n2nnc(-n3ccnc3C3CC3)c2C)cc1Cl. The van der Waals surface area contributed by atoms with Crippen LogP contribution in [0.15, 0.2) is 30.6 Å². The van der Waals surface area contributed by atoms with Crippen LogP contribution in [-0.2, 0) is 0 Å². The van der Waals surface area contributed by atoms with E-state index in [0.29, 0.717) is 16.7 Å². The zero-order valence-corrected chi connectivity index (χ0v) is 13.7. The van der Waals surface area contributed by atoms with Crippen molar-refractivity contribution in [2.24, 2.45) is 0 Å². The summed E-state index contributed by atoms with van der Waals surface area (Å²) in [5.74, 6) is 3.05. The fourth-order valence-corrected chi connectivity index (χ4v) is 2.97. The van der Waals surface area contributed by atoms with Gasteiger partial charge >= 0.3 is 0 Å². The highest BCUT2D eigenvalue weighted by Gasteiger charge is 2.29. The van der Waals surface area contributed by atoms with Crippen LogP contribution in [0, 0.1) is 6.92 Å². The second-order valence-electron chi connectivity index (χ2n) is 5.66. The lowest BCUT2D eigenvalue weighted by atomic mass is 10.3. The summed E-state index contributed by atoms with van der Waals surface area (Å²) in [5, 5.41) is 9.16. The van der Waals surface area contributed by atoms with Crippen molar-refractivity contribution in [3.8, 4) is 17.3 Å². The Balaban J connectivity index is 1.76. The number of benzene rings is 1. The second kappa shape index (κ2) is 5.38. The van der Waals surface area contributed by atoms with Gasteiger partial charge in [0.1, 0.15) is 11.6 Å². The highest BCUT2D eigenvalue weighted by Crippen LogP contribution is 2.40. The maximum absolute atomic E-state index is 6.21. The number of ether oxygens (including phenoxy) is 1. The Morgan fingerprint density at radius 2 is 2.13 bits per heavy atom. The molecule has 1 aromatic carbocycles. The largest absolute Gasteiger partial charge is 0.495 e. The minimum atomic E-state index is 0.544. The number of methoxy groups -OCH3 is 1. The van der Waals surface area contributed by atoms with Gasteiger partial charge in [0, 0.05) is 18.3 Å². The van der Waals surface area contributed by atoms with E-state index in [1.54, 1.807) is 11.8 Å². The Bertz CT molecular complexity index is 865. The van der Waals surface area contributed by atoms with Gasteiger partial charge in [-0.05, 0) is 38.0 Å². The van der Waals surface area contributed by atoms with E-state index in [9.17, 15) is 0 Å². The average Bonchev–Trinajstić information content (AvgIpc) is 3.16. The van der Waals surface area contributed by atoms with Crippen LogP contribution in [0.1, 0.15) is 30.3 Å². The summed E-state index contributed by atoms with van der Waals surface area (Å²) < 4.78 is 8.99. The second-order valence-corrected chi connectivity index (χ2v) is 6.07. The van der Waals surface area contributed by atoms with Crippen LogP contribution in [0.25, 0.3) is 11.5 Å². The molecular formula is C16H16ClN5O. The molecule has 0 bridgehead atoms. The highest BCUT2D eigenvalue weighted by molar-refractivity contribution is 6.32. The van der Waals surface area contributed by atoms with E-state index >= 15 is 0 Å². The molecule has 0 saturated heterocycles. The zero-order chi connectivity index (χ0) is 16.0. The molecule has 0 spiro atoms. The first-order valence-corrected chi connectivity index (χ1v) is 7.86. The summed E-state index contributed by atoms with van der Waals surface area (Å²) in [7, 11) is 1.60. The van der Waals surface area contributed by atoms with Crippen LogP contribution >= 0.6 is 11.6 Å². The molecule has 1 aliphatic carbocycles. The van der Waals surface area contributed by atoms with Gasteiger partial charge in [-0.2, -0.15) is 0 Å². The standard InChI is InChI=1S/C16H16ClN5O/c1-10-15(21-8-7-18-16(21)11-3-4-11)19-20-22(10)12-5-6-14(23-2)13(17)9-12/h5-9,11H,3-4H2,1-2H3. The number of imidazole rings is 1. The number of hydrogen-bond acceptors (Lipinski definition) is 4. The first-order valence-electron chi connectivity index (χ1n) is 7.49. The molecule has 0 unspecified atom stereocenters. The molecule has 0 N–H and O–H groups in total. The maximum Gasteiger partial charge on any atom is 0.184 e. The molecule has 7 heteroatoms. The molecule has 1 aliphatic rings.